The van der Waals surface area contributed by atoms with Crippen LogP contribution in [0.2, 0.25) is 0 Å². The molecule has 0 spiro atoms. The number of amides is 2. The first-order valence-corrected chi connectivity index (χ1v) is 10.3. The first kappa shape index (κ1) is 20.9. The summed E-state index contributed by atoms with van der Waals surface area (Å²) in [7, 11) is 0. The van der Waals surface area contributed by atoms with Crippen LogP contribution in [0.3, 0.4) is 0 Å². The minimum atomic E-state index is 0.0411. The van der Waals surface area contributed by atoms with Gasteiger partial charge in [-0.2, -0.15) is 0 Å². The standard InChI is InChI=1S/C20H30BrN3O2/c1-4-23(5-2)11-12-24(17-8-6-7-16(21)14-17)19(25)9-10-22-20(26)18-13-15(18)3/h6-8,14-15,18H,4-5,9-13H2,1-3H3,(H,22,26). The van der Waals surface area contributed by atoms with Crippen LogP contribution in [-0.4, -0.2) is 49.4 Å². The molecule has 1 aliphatic carbocycles. The van der Waals surface area contributed by atoms with E-state index in [4.69, 9.17) is 0 Å². The molecule has 2 amide bonds. The van der Waals surface area contributed by atoms with Crippen LogP contribution in [-0.2, 0) is 9.59 Å². The van der Waals surface area contributed by atoms with Gasteiger partial charge in [-0.15, -0.1) is 0 Å². The minimum Gasteiger partial charge on any atom is -0.355 e. The molecule has 0 bridgehead atoms. The van der Waals surface area contributed by atoms with Crippen LogP contribution >= 0.6 is 15.9 Å². The molecule has 1 aromatic carbocycles. The van der Waals surface area contributed by atoms with E-state index in [2.05, 4.69) is 46.9 Å². The van der Waals surface area contributed by atoms with Crippen molar-refractivity contribution in [1.82, 2.24) is 10.2 Å². The highest BCUT2D eigenvalue weighted by atomic mass is 79.9. The lowest BCUT2D eigenvalue weighted by Gasteiger charge is -2.27. The van der Waals surface area contributed by atoms with Gasteiger partial charge < -0.3 is 15.1 Å². The summed E-state index contributed by atoms with van der Waals surface area (Å²) in [6, 6.07) is 7.81. The first-order valence-electron chi connectivity index (χ1n) is 9.52. The average Bonchev–Trinajstić information content (AvgIpc) is 3.35. The largest absolute Gasteiger partial charge is 0.355 e. The van der Waals surface area contributed by atoms with E-state index in [0.717, 1.165) is 36.2 Å². The predicted octanol–water partition coefficient (Wildman–Crippen LogP) is 3.29. The highest BCUT2D eigenvalue weighted by molar-refractivity contribution is 9.10. The summed E-state index contributed by atoms with van der Waals surface area (Å²) in [6.45, 7) is 10.1. The van der Waals surface area contributed by atoms with Gasteiger partial charge in [0, 0.05) is 42.1 Å². The van der Waals surface area contributed by atoms with Gasteiger partial charge in [0.1, 0.15) is 0 Å². The van der Waals surface area contributed by atoms with Crippen molar-refractivity contribution in [3.63, 3.8) is 0 Å². The quantitative estimate of drug-likeness (QED) is 0.627. The van der Waals surface area contributed by atoms with Gasteiger partial charge in [-0.05, 0) is 43.6 Å². The normalized spacial score (nSPS) is 18.7. The van der Waals surface area contributed by atoms with Gasteiger partial charge in [-0.1, -0.05) is 42.8 Å². The molecule has 0 saturated heterocycles. The fourth-order valence-electron chi connectivity index (χ4n) is 3.07. The lowest BCUT2D eigenvalue weighted by molar-refractivity contribution is -0.122. The van der Waals surface area contributed by atoms with Crippen molar-refractivity contribution < 1.29 is 9.59 Å². The first-order chi connectivity index (χ1) is 12.5. The molecule has 6 heteroatoms. The maximum atomic E-state index is 12.8. The van der Waals surface area contributed by atoms with Crippen LogP contribution in [0.25, 0.3) is 0 Å². The van der Waals surface area contributed by atoms with E-state index in [0.29, 0.717) is 25.4 Å². The Morgan fingerprint density at radius 2 is 1.92 bits per heavy atom. The zero-order valence-corrected chi connectivity index (χ0v) is 17.6. The second kappa shape index (κ2) is 10.1. The minimum absolute atomic E-state index is 0.0411. The van der Waals surface area contributed by atoms with E-state index in [-0.39, 0.29) is 17.7 Å². The summed E-state index contributed by atoms with van der Waals surface area (Å²) < 4.78 is 0.951. The summed E-state index contributed by atoms with van der Waals surface area (Å²) in [5.74, 6) is 0.758. The van der Waals surface area contributed by atoms with Gasteiger partial charge in [-0.25, -0.2) is 0 Å². The lowest BCUT2D eigenvalue weighted by atomic mass is 10.2. The van der Waals surface area contributed by atoms with Gasteiger partial charge >= 0.3 is 0 Å². The summed E-state index contributed by atoms with van der Waals surface area (Å²) in [4.78, 5) is 28.9. The van der Waals surface area contributed by atoms with Crippen molar-refractivity contribution in [1.29, 1.82) is 0 Å². The summed E-state index contributed by atoms with van der Waals surface area (Å²) >= 11 is 3.48. The topological polar surface area (TPSA) is 52.6 Å². The van der Waals surface area contributed by atoms with Crippen molar-refractivity contribution in [2.24, 2.45) is 11.8 Å². The second-order valence-electron chi connectivity index (χ2n) is 6.91. The molecule has 1 aromatic rings. The molecule has 0 radical (unpaired) electrons. The number of benzene rings is 1. The van der Waals surface area contributed by atoms with Crippen molar-refractivity contribution in [2.75, 3.05) is 37.6 Å². The van der Waals surface area contributed by atoms with Crippen LogP contribution in [0.4, 0.5) is 5.69 Å². The van der Waals surface area contributed by atoms with E-state index in [1.807, 2.05) is 29.2 Å². The number of carbonyl (C=O) groups is 2. The van der Waals surface area contributed by atoms with E-state index in [1.54, 1.807) is 0 Å². The SMILES string of the molecule is CCN(CC)CCN(C(=O)CCNC(=O)C1CC1C)c1cccc(Br)c1. The number of anilines is 1. The Labute approximate surface area is 165 Å². The van der Waals surface area contributed by atoms with Crippen molar-refractivity contribution in [2.45, 2.75) is 33.6 Å². The zero-order chi connectivity index (χ0) is 19.1. The Morgan fingerprint density at radius 1 is 1.23 bits per heavy atom. The van der Waals surface area contributed by atoms with Crippen LogP contribution < -0.4 is 10.2 Å². The van der Waals surface area contributed by atoms with E-state index < -0.39 is 0 Å². The number of hydrogen-bond acceptors (Lipinski definition) is 3. The highest BCUT2D eigenvalue weighted by Crippen LogP contribution is 2.37. The van der Waals surface area contributed by atoms with Crippen molar-refractivity contribution in [3.8, 4) is 0 Å². The maximum absolute atomic E-state index is 12.8. The molecule has 144 valence electrons. The Balaban J connectivity index is 1.95. The Bertz CT molecular complexity index is 619. The number of nitrogens with one attached hydrogen (secondary N) is 1. The summed E-state index contributed by atoms with van der Waals surface area (Å²) in [5.41, 5.74) is 0.888. The second-order valence-corrected chi connectivity index (χ2v) is 7.83. The molecule has 1 N–H and O–H groups in total. The molecule has 1 saturated carbocycles. The number of rotatable bonds is 10. The van der Waals surface area contributed by atoms with Crippen LogP contribution in [0.15, 0.2) is 28.7 Å². The molecule has 0 heterocycles. The summed E-state index contributed by atoms with van der Waals surface area (Å²) in [6.07, 6.45) is 1.28. The Kier molecular flexibility index (Phi) is 8.10. The van der Waals surface area contributed by atoms with E-state index in [9.17, 15) is 9.59 Å². The molecule has 2 rings (SSSR count). The van der Waals surface area contributed by atoms with Crippen LogP contribution in [0.1, 0.15) is 33.6 Å². The molecule has 1 aliphatic rings. The Morgan fingerprint density at radius 3 is 2.50 bits per heavy atom. The van der Waals surface area contributed by atoms with Gasteiger partial charge in [0.2, 0.25) is 11.8 Å². The van der Waals surface area contributed by atoms with Crippen molar-refractivity contribution >= 4 is 33.4 Å². The third-order valence-corrected chi connectivity index (χ3v) is 5.53. The number of carbonyl (C=O) groups excluding carboxylic acids is 2. The number of likely N-dealkylation sites (N-methyl/N-ethyl adjacent to an activating group) is 1. The molecule has 2 atom stereocenters. The predicted molar refractivity (Wildman–Crippen MR) is 109 cm³/mol. The fraction of sp³-hybridized carbons (Fsp3) is 0.600. The van der Waals surface area contributed by atoms with E-state index in [1.165, 1.54) is 0 Å². The lowest BCUT2D eigenvalue weighted by Crippen LogP contribution is -2.40. The molecule has 5 nitrogen and oxygen atoms in total. The number of nitrogens with zero attached hydrogens (tertiary/aromatic N) is 2. The van der Waals surface area contributed by atoms with Gasteiger partial charge in [0.15, 0.2) is 0 Å². The van der Waals surface area contributed by atoms with E-state index >= 15 is 0 Å². The number of halogens is 1. The van der Waals surface area contributed by atoms with Crippen molar-refractivity contribution in [3.05, 3.63) is 28.7 Å². The molecule has 0 aliphatic heterocycles. The molecule has 26 heavy (non-hydrogen) atoms. The zero-order valence-electron chi connectivity index (χ0n) is 16.0. The third-order valence-electron chi connectivity index (χ3n) is 5.04. The van der Waals surface area contributed by atoms with Gasteiger partial charge in [0.05, 0.1) is 0 Å². The molecular weight excluding hydrogens is 394 g/mol. The Hall–Kier alpha value is -1.40. The average molecular weight is 424 g/mol. The smallest absolute Gasteiger partial charge is 0.228 e. The summed E-state index contributed by atoms with van der Waals surface area (Å²) in [5, 5.41) is 2.90. The molecule has 0 aromatic heterocycles. The van der Waals surface area contributed by atoms with Gasteiger partial charge in [-0.3, -0.25) is 9.59 Å². The van der Waals surface area contributed by atoms with Gasteiger partial charge in [0.25, 0.3) is 0 Å². The molecule has 1 fully saturated rings. The third kappa shape index (κ3) is 6.09. The van der Waals surface area contributed by atoms with Crippen LogP contribution in [0, 0.1) is 11.8 Å². The fourth-order valence-corrected chi connectivity index (χ4v) is 3.46. The van der Waals surface area contributed by atoms with Crippen LogP contribution in [0.5, 0.6) is 0 Å². The highest BCUT2D eigenvalue weighted by Gasteiger charge is 2.38. The maximum Gasteiger partial charge on any atom is 0.228 e. The molecular formula is C20H30BrN3O2. The monoisotopic (exact) mass is 423 g/mol. The number of hydrogen-bond donors (Lipinski definition) is 1. The molecule has 2 unspecified atom stereocenters.